The van der Waals surface area contributed by atoms with Crippen LogP contribution < -0.4 is 4.74 Å². The number of imide groups is 1. The highest BCUT2D eigenvalue weighted by molar-refractivity contribution is 6.24. The van der Waals surface area contributed by atoms with E-state index < -0.39 is 17.9 Å². The number of hydrogen-bond acceptors (Lipinski definition) is 4. The Kier molecular flexibility index (Phi) is 4.74. The number of amides is 2. The highest BCUT2D eigenvalue weighted by atomic mass is 16.5. The van der Waals surface area contributed by atoms with Gasteiger partial charge in [0.05, 0.1) is 23.8 Å². The van der Waals surface area contributed by atoms with Crippen LogP contribution in [0, 0.1) is 5.41 Å². The predicted molar refractivity (Wildman–Crippen MR) is 98.3 cm³/mol. The van der Waals surface area contributed by atoms with E-state index in [1.165, 1.54) is 0 Å². The van der Waals surface area contributed by atoms with Gasteiger partial charge >= 0.3 is 0 Å². The molecule has 0 saturated heterocycles. The lowest BCUT2D eigenvalue weighted by molar-refractivity contribution is -0.123. The predicted octanol–water partition coefficient (Wildman–Crippen LogP) is 3.78. The maximum atomic E-state index is 13.0. The number of carbonyl (C=O) groups excluding carboxylic acids is 3. The first-order chi connectivity index (χ1) is 12.2. The molecule has 1 unspecified atom stereocenters. The van der Waals surface area contributed by atoms with Gasteiger partial charge in [-0.05, 0) is 36.8 Å². The standard InChI is InChI=1S/C21H25NO4/c1-13-8-9-15(16(23)12-13)22-19(24)14-6-5-7-17(18(14)20(22)25)26-11-10-21(2,3)4/h5-7,15H,1,8-12H2,2-4H3. The molecule has 1 fully saturated rings. The summed E-state index contributed by atoms with van der Waals surface area (Å²) in [7, 11) is 0. The molecule has 2 amide bonds. The molecule has 0 bridgehead atoms. The highest BCUT2D eigenvalue weighted by Gasteiger charge is 2.45. The van der Waals surface area contributed by atoms with Gasteiger partial charge in [-0.2, -0.15) is 0 Å². The van der Waals surface area contributed by atoms with Crippen molar-refractivity contribution in [3.8, 4) is 5.75 Å². The molecule has 5 nitrogen and oxygen atoms in total. The lowest BCUT2D eigenvalue weighted by atomic mass is 9.89. The van der Waals surface area contributed by atoms with Crippen LogP contribution in [0.4, 0.5) is 0 Å². The topological polar surface area (TPSA) is 63.7 Å². The van der Waals surface area contributed by atoms with Crippen molar-refractivity contribution in [2.24, 2.45) is 5.41 Å². The fraction of sp³-hybridized carbons (Fsp3) is 0.476. The second-order valence-electron chi connectivity index (χ2n) is 8.27. The minimum absolute atomic E-state index is 0.112. The number of carbonyl (C=O) groups is 3. The van der Waals surface area contributed by atoms with Crippen LogP contribution in [0.5, 0.6) is 5.75 Å². The van der Waals surface area contributed by atoms with Crippen molar-refractivity contribution < 1.29 is 19.1 Å². The molecule has 0 aromatic heterocycles. The van der Waals surface area contributed by atoms with Crippen molar-refractivity contribution in [1.29, 1.82) is 0 Å². The fourth-order valence-corrected chi connectivity index (χ4v) is 3.37. The zero-order valence-electron chi connectivity index (χ0n) is 15.6. The molecule has 3 rings (SSSR count). The Hall–Kier alpha value is -2.43. The van der Waals surface area contributed by atoms with E-state index >= 15 is 0 Å². The van der Waals surface area contributed by atoms with Gasteiger partial charge < -0.3 is 4.74 Å². The van der Waals surface area contributed by atoms with Gasteiger partial charge in [0.15, 0.2) is 5.78 Å². The summed E-state index contributed by atoms with van der Waals surface area (Å²) in [5.74, 6) is -0.537. The molecule has 1 aliphatic heterocycles. The molecule has 1 aromatic carbocycles. The minimum Gasteiger partial charge on any atom is -0.493 e. The van der Waals surface area contributed by atoms with Gasteiger partial charge in [0, 0.05) is 6.42 Å². The largest absolute Gasteiger partial charge is 0.493 e. The molecule has 1 heterocycles. The molecule has 0 radical (unpaired) electrons. The summed E-state index contributed by atoms with van der Waals surface area (Å²) in [6, 6.07) is 4.35. The molecule has 1 saturated carbocycles. The Labute approximate surface area is 154 Å². The summed E-state index contributed by atoms with van der Waals surface area (Å²) < 4.78 is 5.82. The van der Waals surface area contributed by atoms with Crippen LogP contribution >= 0.6 is 0 Å². The van der Waals surface area contributed by atoms with Crippen LogP contribution in [0.25, 0.3) is 0 Å². The van der Waals surface area contributed by atoms with Crippen LogP contribution in [0.2, 0.25) is 0 Å². The third kappa shape index (κ3) is 3.43. The average molecular weight is 355 g/mol. The summed E-state index contributed by atoms with van der Waals surface area (Å²) >= 11 is 0. The molecule has 5 heteroatoms. The van der Waals surface area contributed by atoms with Gasteiger partial charge in [0.2, 0.25) is 0 Å². The van der Waals surface area contributed by atoms with E-state index in [4.69, 9.17) is 4.74 Å². The number of ether oxygens (including phenoxy) is 1. The zero-order chi connectivity index (χ0) is 19.1. The Bertz CT molecular complexity index is 788. The first-order valence-electron chi connectivity index (χ1n) is 9.02. The summed E-state index contributed by atoms with van der Waals surface area (Å²) in [5, 5.41) is 0. The van der Waals surface area contributed by atoms with Gasteiger partial charge in [0.25, 0.3) is 11.8 Å². The van der Waals surface area contributed by atoms with E-state index in [9.17, 15) is 14.4 Å². The monoisotopic (exact) mass is 355 g/mol. The lowest BCUT2D eigenvalue weighted by Gasteiger charge is -2.29. The fourth-order valence-electron chi connectivity index (χ4n) is 3.37. The van der Waals surface area contributed by atoms with Crippen LogP contribution in [-0.2, 0) is 4.79 Å². The number of ketones is 1. The number of benzene rings is 1. The lowest BCUT2D eigenvalue weighted by Crippen LogP contribution is -2.46. The SMILES string of the molecule is C=C1CCC(N2C(=O)c3cccc(OCCC(C)(C)C)c3C2=O)C(=O)C1. The Morgan fingerprint density at radius 2 is 1.92 bits per heavy atom. The Balaban J connectivity index is 1.85. The molecule has 0 spiro atoms. The number of allylic oxidation sites excluding steroid dienone is 1. The van der Waals surface area contributed by atoms with Gasteiger partial charge in [-0.1, -0.05) is 39.0 Å². The van der Waals surface area contributed by atoms with E-state index in [0.717, 1.165) is 16.9 Å². The zero-order valence-corrected chi connectivity index (χ0v) is 15.6. The first kappa shape index (κ1) is 18.4. The van der Waals surface area contributed by atoms with E-state index in [-0.39, 0.29) is 23.2 Å². The summed E-state index contributed by atoms with van der Waals surface area (Å²) in [6.45, 7) is 10.7. The van der Waals surface area contributed by atoms with E-state index in [1.807, 2.05) is 0 Å². The maximum absolute atomic E-state index is 13.0. The molecule has 0 N–H and O–H groups in total. The molecule has 1 aromatic rings. The Morgan fingerprint density at radius 3 is 2.58 bits per heavy atom. The average Bonchev–Trinajstić information content (AvgIpc) is 2.79. The first-order valence-corrected chi connectivity index (χ1v) is 9.02. The van der Waals surface area contributed by atoms with Crippen LogP contribution in [0.1, 0.15) is 67.2 Å². The normalized spacial score (nSPS) is 20.6. The molecular weight excluding hydrogens is 330 g/mol. The quantitative estimate of drug-likeness (QED) is 0.609. The van der Waals surface area contributed by atoms with Crippen molar-refractivity contribution in [1.82, 2.24) is 4.90 Å². The number of fused-ring (bicyclic) bond motifs is 1. The van der Waals surface area contributed by atoms with Gasteiger partial charge in [-0.3, -0.25) is 19.3 Å². The van der Waals surface area contributed by atoms with Crippen molar-refractivity contribution in [3.63, 3.8) is 0 Å². The van der Waals surface area contributed by atoms with Crippen molar-refractivity contribution in [2.75, 3.05) is 6.61 Å². The van der Waals surface area contributed by atoms with E-state index in [0.29, 0.717) is 30.8 Å². The Morgan fingerprint density at radius 1 is 1.19 bits per heavy atom. The number of hydrogen-bond donors (Lipinski definition) is 0. The summed E-state index contributed by atoms with van der Waals surface area (Å²) in [5.41, 5.74) is 1.57. The number of Topliss-reactive ketones (excluding diaryl/α,β-unsaturated/α-hetero) is 1. The van der Waals surface area contributed by atoms with E-state index in [2.05, 4.69) is 27.4 Å². The van der Waals surface area contributed by atoms with Gasteiger partial charge in [-0.15, -0.1) is 0 Å². The van der Waals surface area contributed by atoms with Crippen LogP contribution in [-0.4, -0.2) is 35.1 Å². The number of nitrogens with zero attached hydrogens (tertiary/aromatic N) is 1. The minimum atomic E-state index is -0.699. The van der Waals surface area contributed by atoms with Crippen molar-refractivity contribution in [2.45, 2.75) is 52.5 Å². The second kappa shape index (κ2) is 6.71. The molecular formula is C21H25NO4. The molecule has 2 aliphatic rings. The third-order valence-electron chi connectivity index (χ3n) is 4.90. The summed E-state index contributed by atoms with van der Waals surface area (Å²) in [6.07, 6.45) is 2.15. The van der Waals surface area contributed by atoms with Crippen molar-refractivity contribution in [3.05, 3.63) is 41.5 Å². The van der Waals surface area contributed by atoms with Gasteiger partial charge in [0.1, 0.15) is 5.75 Å². The third-order valence-corrected chi connectivity index (χ3v) is 4.90. The number of rotatable bonds is 4. The smallest absolute Gasteiger partial charge is 0.266 e. The van der Waals surface area contributed by atoms with Crippen molar-refractivity contribution >= 4 is 17.6 Å². The summed E-state index contributed by atoms with van der Waals surface area (Å²) in [4.78, 5) is 39.2. The van der Waals surface area contributed by atoms with Gasteiger partial charge in [-0.25, -0.2) is 0 Å². The maximum Gasteiger partial charge on any atom is 0.266 e. The molecule has 138 valence electrons. The molecule has 1 atom stereocenters. The highest BCUT2D eigenvalue weighted by Crippen LogP contribution is 2.35. The van der Waals surface area contributed by atoms with Crippen LogP contribution in [0.15, 0.2) is 30.4 Å². The van der Waals surface area contributed by atoms with E-state index in [1.54, 1.807) is 18.2 Å². The molecule has 26 heavy (non-hydrogen) atoms. The molecule has 1 aliphatic carbocycles. The van der Waals surface area contributed by atoms with Crippen LogP contribution in [0.3, 0.4) is 0 Å². The second-order valence-corrected chi connectivity index (χ2v) is 8.27.